The second-order valence-corrected chi connectivity index (χ2v) is 5.12. The van der Waals surface area contributed by atoms with Gasteiger partial charge in [0.05, 0.1) is 0 Å². The average molecular weight is 340 g/mol. The van der Waals surface area contributed by atoms with Crippen molar-refractivity contribution >= 4 is 29.4 Å². The van der Waals surface area contributed by atoms with Crippen LogP contribution in [0.4, 0.5) is 23.4 Å². The molecule has 0 amide bonds. The third-order valence-corrected chi connectivity index (χ3v) is 3.19. The van der Waals surface area contributed by atoms with Crippen molar-refractivity contribution in [3.8, 4) is 0 Å². The highest BCUT2D eigenvalue weighted by atomic mass is 35.5. The van der Waals surface area contributed by atoms with Crippen LogP contribution in [0.1, 0.15) is 5.69 Å². The Balaban J connectivity index is 2.15. The summed E-state index contributed by atoms with van der Waals surface area (Å²) in [4.78, 5) is 11.8. The Labute approximate surface area is 124 Å². The predicted molar refractivity (Wildman–Crippen MR) is 70.7 cm³/mol. The van der Waals surface area contributed by atoms with E-state index in [4.69, 9.17) is 11.6 Å². The molecule has 0 spiro atoms. The molecule has 1 heterocycles. The number of H-pyrrole nitrogens is 1. The molecule has 112 valence electrons. The maximum atomic E-state index is 13.1. The third-order valence-electron chi connectivity index (χ3n) is 2.20. The number of aromatic amines is 1. The van der Waals surface area contributed by atoms with Crippen molar-refractivity contribution < 1.29 is 17.6 Å². The second-order valence-electron chi connectivity index (χ2n) is 3.80. The molecule has 0 atom stereocenters. The average Bonchev–Trinajstić information content (AvgIpc) is 2.35. The van der Waals surface area contributed by atoms with E-state index in [1.54, 1.807) is 5.10 Å². The van der Waals surface area contributed by atoms with E-state index in [-0.39, 0.29) is 10.8 Å². The van der Waals surface area contributed by atoms with Crippen molar-refractivity contribution in [3.05, 3.63) is 51.0 Å². The first-order chi connectivity index (χ1) is 9.75. The molecule has 0 aliphatic heterocycles. The van der Waals surface area contributed by atoms with E-state index in [2.05, 4.69) is 9.82 Å². The van der Waals surface area contributed by atoms with Gasteiger partial charge >= 0.3 is 6.18 Å². The van der Waals surface area contributed by atoms with Crippen LogP contribution in [0.15, 0.2) is 34.0 Å². The van der Waals surface area contributed by atoms with E-state index >= 15 is 0 Å². The number of alkyl halides is 3. The molecular formula is C11H6ClF4N3OS. The molecule has 0 fully saturated rings. The Morgan fingerprint density at radius 2 is 1.95 bits per heavy atom. The van der Waals surface area contributed by atoms with E-state index in [9.17, 15) is 22.4 Å². The number of hydrogen-bond donors (Lipinski definition) is 2. The fraction of sp³-hybridized carbons (Fsp3) is 0.0909. The zero-order chi connectivity index (χ0) is 15.6. The van der Waals surface area contributed by atoms with Gasteiger partial charge in [0, 0.05) is 16.0 Å². The summed E-state index contributed by atoms with van der Waals surface area (Å²) in [6, 6.07) is 4.03. The second kappa shape index (κ2) is 5.94. The van der Waals surface area contributed by atoms with Crippen molar-refractivity contribution in [3.63, 3.8) is 0 Å². The Kier molecular flexibility index (Phi) is 4.43. The van der Waals surface area contributed by atoms with Gasteiger partial charge in [0.25, 0.3) is 0 Å². The highest BCUT2D eigenvalue weighted by Gasteiger charge is 2.32. The number of hydrogen-bond acceptors (Lipinski definition) is 4. The minimum absolute atomic E-state index is 0.147. The number of halogens is 5. The lowest BCUT2D eigenvalue weighted by molar-refractivity contribution is -0.141. The van der Waals surface area contributed by atoms with Crippen LogP contribution in [0.2, 0.25) is 5.02 Å². The van der Waals surface area contributed by atoms with Gasteiger partial charge in [-0.1, -0.05) is 11.6 Å². The summed E-state index contributed by atoms with van der Waals surface area (Å²) in [5, 5.41) is 5.16. The van der Waals surface area contributed by atoms with Gasteiger partial charge < -0.3 is 4.72 Å². The summed E-state index contributed by atoms with van der Waals surface area (Å²) in [5.41, 5.74) is -2.20. The molecule has 1 aromatic heterocycles. The first-order valence-electron chi connectivity index (χ1n) is 5.31. The van der Waals surface area contributed by atoms with Crippen molar-refractivity contribution in [2.75, 3.05) is 4.72 Å². The van der Waals surface area contributed by atoms with Gasteiger partial charge in [-0.3, -0.25) is 9.89 Å². The standard InChI is InChI=1S/C11H6ClF4N3OS/c12-5-1-6(13)3-7(2-5)21-19-10-8(20)4-9(17-18-10)11(14,15)16/h1-4H,(H,17,20)(H,18,19). The van der Waals surface area contributed by atoms with Crippen molar-refractivity contribution in [2.45, 2.75) is 11.1 Å². The smallest absolute Gasteiger partial charge is 0.306 e. The number of aromatic nitrogens is 2. The molecular weight excluding hydrogens is 334 g/mol. The first kappa shape index (κ1) is 15.6. The van der Waals surface area contributed by atoms with Crippen LogP contribution in [-0.4, -0.2) is 10.2 Å². The van der Waals surface area contributed by atoms with Crippen LogP contribution in [-0.2, 0) is 6.18 Å². The summed E-state index contributed by atoms with van der Waals surface area (Å²) in [6.45, 7) is 0. The molecule has 0 aliphatic carbocycles. The molecule has 2 aromatic rings. The van der Waals surface area contributed by atoms with Crippen LogP contribution < -0.4 is 10.2 Å². The van der Waals surface area contributed by atoms with Gasteiger partial charge in [0.1, 0.15) is 11.5 Å². The predicted octanol–water partition coefficient (Wildman–Crippen LogP) is 3.70. The summed E-state index contributed by atoms with van der Waals surface area (Å²) >= 11 is 6.44. The molecule has 2 N–H and O–H groups in total. The van der Waals surface area contributed by atoms with Gasteiger partial charge in [-0.05, 0) is 30.1 Å². The van der Waals surface area contributed by atoms with Crippen molar-refractivity contribution in [2.24, 2.45) is 0 Å². The monoisotopic (exact) mass is 339 g/mol. The van der Waals surface area contributed by atoms with Crippen LogP contribution >= 0.6 is 23.5 Å². The van der Waals surface area contributed by atoms with E-state index in [1.165, 1.54) is 6.07 Å². The maximum Gasteiger partial charge on any atom is 0.432 e. The zero-order valence-electron chi connectivity index (χ0n) is 9.96. The molecule has 0 radical (unpaired) electrons. The number of nitrogens with one attached hydrogen (secondary N) is 2. The molecule has 2 rings (SSSR count). The number of nitrogens with zero attached hydrogens (tertiary/aromatic N) is 1. The Hall–Kier alpha value is -1.74. The summed E-state index contributed by atoms with van der Waals surface area (Å²) < 4.78 is 52.6. The van der Waals surface area contributed by atoms with Gasteiger partial charge in [-0.25, -0.2) is 4.39 Å². The van der Waals surface area contributed by atoms with Crippen LogP contribution in [0.25, 0.3) is 0 Å². The van der Waals surface area contributed by atoms with E-state index < -0.39 is 23.1 Å². The minimum Gasteiger partial charge on any atom is -0.306 e. The van der Waals surface area contributed by atoms with Gasteiger partial charge in [0.2, 0.25) is 11.2 Å². The summed E-state index contributed by atoms with van der Waals surface area (Å²) in [6.07, 6.45) is -4.69. The molecule has 21 heavy (non-hydrogen) atoms. The molecule has 0 saturated heterocycles. The number of rotatable bonds is 3. The van der Waals surface area contributed by atoms with Gasteiger partial charge in [-0.2, -0.15) is 18.3 Å². The highest BCUT2D eigenvalue weighted by Crippen LogP contribution is 2.27. The zero-order valence-corrected chi connectivity index (χ0v) is 11.5. The van der Waals surface area contributed by atoms with E-state index in [0.29, 0.717) is 11.0 Å². The molecule has 0 saturated carbocycles. The van der Waals surface area contributed by atoms with Crippen molar-refractivity contribution in [1.29, 1.82) is 0 Å². The largest absolute Gasteiger partial charge is 0.432 e. The molecule has 4 nitrogen and oxygen atoms in total. The van der Waals surface area contributed by atoms with E-state index in [0.717, 1.165) is 24.1 Å². The Bertz CT molecular complexity index is 699. The normalized spacial score (nSPS) is 11.5. The van der Waals surface area contributed by atoms with Gasteiger partial charge in [0.15, 0.2) is 0 Å². The minimum atomic E-state index is -4.69. The fourth-order valence-corrected chi connectivity index (χ4v) is 2.32. The van der Waals surface area contributed by atoms with Crippen LogP contribution in [0, 0.1) is 5.82 Å². The quantitative estimate of drug-likeness (QED) is 0.661. The first-order valence-corrected chi connectivity index (χ1v) is 6.51. The van der Waals surface area contributed by atoms with Crippen LogP contribution in [0.3, 0.4) is 0 Å². The molecule has 0 unspecified atom stereocenters. The third kappa shape index (κ3) is 4.11. The topological polar surface area (TPSA) is 57.8 Å². The molecule has 10 heteroatoms. The Morgan fingerprint density at radius 3 is 2.52 bits per heavy atom. The lowest BCUT2D eigenvalue weighted by Gasteiger charge is -2.07. The molecule has 1 aromatic carbocycles. The van der Waals surface area contributed by atoms with Gasteiger partial charge in [-0.15, -0.1) is 0 Å². The molecule has 0 bridgehead atoms. The van der Waals surface area contributed by atoms with E-state index in [1.807, 2.05) is 0 Å². The highest BCUT2D eigenvalue weighted by molar-refractivity contribution is 8.00. The Morgan fingerprint density at radius 1 is 1.24 bits per heavy atom. The summed E-state index contributed by atoms with van der Waals surface area (Å²) in [5.74, 6) is -0.922. The van der Waals surface area contributed by atoms with Crippen molar-refractivity contribution in [1.82, 2.24) is 10.2 Å². The fourth-order valence-electron chi connectivity index (χ4n) is 1.32. The molecule has 0 aliphatic rings. The summed E-state index contributed by atoms with van der Waals surface area (Å²) in [7, 11) is 0. The number of anilines is 1. The van der Waals surface area contributed by atoms with Crippen LogP contribution in [0.5, 0.6) is 0 Å². The lowest BCUT2D eigenvalue weighted by Crippen LogP contribution is -2.17. The SMILES string of the molecule is O=c1cc(C(F)(F)F)[nH]nc1NSc1cc(F)cc(Cl)c1. The number of benzene rings is 1. The maximum absolute atomic E-state index is 13.1. The lowest BCUT2D eigenvalue weighted by atomic mass is 10.3.